The van der Waals surface area contributed by atoms with E-state index in [1.165, 1.54) is 0 Å². The maximum Gasteiger partial charge on any atom is 0.0937 e. The van der Waals surface area contributed by atoms with Crippen molar-refractivity contribution in [3.8, 4) is 0 Å². The Labute approximate surface area is 75.7 Å². The Morgan fingerprint density at radius 2 is 2.08 bits per heavy atom. The van der Waals surface area contributed by atoms with Gasteiger partial charge in [-0.15, -0.1) is 0 Å². The summed E-state index contributed by atoms with van der Waals surface area (Å²) in [6, 6.07) is 0. The van der Waals surface area contributed by atoms with Crippen molar-refractivity contribution in [1.29, 1.82) is 0 Å². The zero-order chi connectivity index (χ0) is 9.40. The molecule has 0 aromatic rings. The molecule has 0 saturated heterocycles. The van der Waals surface area contributed by atoms with Gasteiger partial charge in [0.25, 0.3) is 0 Å². The number of amidine groups is 1. The average Bonchev–Trinajstić information content (AvgIpc) is 2.04. The fourth-order valence-corrected chi connectivity index (χ4v) is 0.858. The highest BCUT2D eigenvalue weighted by molar-refractivity contribution is 5.80. The molecular formula is C9H21N3. The van der Waals surface area contributed by atoms with Crippen LogP contribution < -0.4 is 5.73 Å². The number of rotatable bonds is 6. The third-order valence-electron chi connectivity index (χ3n) is 1.84. The number of nitrogens with two attached hydrogens (primary N) is 1. The zero-order valence-corrected chi connectivity index (χ0v) is 8.51. The van der Waals surface area contributed by atoms with E-state index < -0.39 is 0 Å². The summed E-state index contributed by atoms with van der Waals surface area (Å²) in [4.78, 5) is 6.48. The van der Waals surface area contributed by atoms with E-state index in [1.807, 2.05) is 0 Å². The van der Waals surface area contributed by atoms with E-state index in [4.69, 9.17) is 5.73 Å². The van der Waals surface area contributed by atoms with Crippen LogP contribution in [0.3, 0.4) is 0 Å². The summed E-state index contributed by atoms with van der Waals surface area (Å²) in [7, 11) is 2.09. The minimum Gasteiger partial charge on any atom is -0.387 e. The van der Waals surface area contributed by atoms with Crippen LogP contribution in [-0.2, 0) is 0 Å². The minimum atomic E-state index is 0.794. The molecule has 0 radical (unpaired) electrons. The molecule has 0 heterocycles. The van der Waals surface area contributed by atoms with Crippen LogP contribution in [0.1, 0.15) is 26.7 Å². The van der Waals surface area contributed by atoms with Gasteiger partial charge in [0.1, 0.15) is 0 Å². The van der Waals surface area contributed by atoms with Crippen LogP contribution >= 0.6 is 0 Å². The van der Waals surface area contributed by atoms with Crippen molar-refractivity contribution in [3.63, 3.8) is 0 Å². The van der Waals surface area contributed by atoms with Gasteiger partial charge in [-0.2, -0.15) is 0 Å². The standard InChI is InChI=1S/C9H21N3/c1-4-6-9(10)11-7-8-12(3)5-2/h4-8H2,1-3H3,(H2,10,11). The Morgan fingerprint density at radius 3 is 2.58 bits per heavy atom. The average molecular weight is 171 g/mol. The smallest absolute Gasteiger partial charge is 0.0937 e. The molecule has 0 saturated carbocycles. The summed E-state index contributed by atoms with van der Waals surface area (Å²) in [6.07, 6.45) is 2.01. The van der Waals surface area contributed by atoms with Crippen molar-refractivity contribution in [2.45, 2.75) is 26.7 Å². The van der Waals surface area contributed by atoms with Crippen molar-refractivity contribution < 1.29 is 0 Å². The van der Waals surface area contributed by atoms with E-state index in [0.29, 0.717) is 0 Å². The molecule has 3 nitrogen and oxygen atoms in total. The molecule has 2 N–H and O–H groups in total. The van der Waals surface area contributed by atoms with E-state index in [-0.39, 0.29) is 0 Å². The van der Waals surface area contributed by atoms with Gasteiger partial charge in [0, 0.05) is 13.0 Å². The largest absolute Gasteiger partial charge is 0.387 e. The van der Waals surface area contributed by atoms with Gasteiger partial charge in [-0.25, -0.2) is 0 Å². The summed E-state index contributed by atoms with van der Waals surface area (Å²) in [5, 5.41) is 0. The van der Waals surface area contributed by atoms with Gasteiger partial charge in [0.05, 0.1) is 12.4 Å². The summed E-state index contributed by atoms with van der Waals surface area (Å²) in [5.41, 5.74) is 5.64. The van der Waals surface area contributed by atoms with Crippen molar-refractivity contribution >= 4 is 5.84 Å². The lowest BCUT2D eigenvalue weighted by atomic mass is 10.3. The van der Waals surface area contributed by atoms with Gasteiger partial charge in [0.15, 0.2) is 0 Å². The Bertz CT molecular complexity index is 132. The normalized spacial score (nSPS) is 12.5. The Balaban J connectivity index is 3.45. The molecule has 0 aromatic heterocycles. The predicted octanol–water partition coefficient (Wildman–Crippen LogP) is 1.10. The van der Waals surface area contributed by atoms with Crippen LogP contribution in [0.2, 0.25) is 0 Å². The first-order chi connectivity index (χ1) is 5.70. The van der Waals surface area contributed by atoms with Gasteiger partial charge in [-0.05, 0) is 20.0 Å². The molecule has 0 aliphatic heterocycles. The number of aliphatic imine (C=N–C) groups is 1. The van der Waals surface area contributed by atoms with Crippen molar-refractivity contribution in [2.75, 3.05) is 26.7 Å². The number of nitrogens with zero attached hydrogens (tertiary/aromatic N) is 2. The highest BCUT2D eigenvalue weighted by Gasteiger charge is 1.93. The zero-order valence-electron chi connectivity index (χ0n) is 8.51. The molecule has 0 aliphatic carbocycles. The quantitative estimate of drug-likeness (QED) is 0.480. The summed E-state index contributed by atoms with van der Waals surface area (Å²) < 4.78 is 0. The first-order valence-corrected chi connectivity index (χ1v) is 4.68. The Kier molecular flexibility index (Phi) is 6.76. The first kappa shape index (κ1) is 11.4. The van der Waals surface area contributed by atoms with E-state index in [0.717, 1.165) is 38.3 Å². The third kappa shape index (κ3) is 6.16. The molecule has 0 unspecified atom stereocenters. The van der Waals surface area contributed by atoms with Crippen LogP contribution in [-0.4, -0.2) is 37.4 Å². The van der Waals surface area contributed by atoms with E-state index in [1.54, 1.807) is 0 Å². The van der Waals surface area contributed by atoms with E-state index in [2.05, 4.69) is 30.8 Å². The van der Waals surface area contributed by atoms with Gasteiger partial charge in [-0.3, -0.25) is 4.99 Å². The second kappa shape index (κ2) is 7.10. The molecule has 0 aliphatic rings. The lowest BCUT2D eigenvalue weighted by Gasteiger charge is -2.11. The van der Waals surface area contributed by atoms with Crippen LogP contribution in [0.5, 0.6) is 0 Å². The first-order valence-electron chi connectivity index (χ1n) is 4.68. The molecule has 0 atom stereocenters. The number of likely N-dealkylation sites (N-methyl/N-ethyl adjacent to an activating group) is 1. The molecule has 0 rings (SSSR count). The number of hydrogen-bond donors (Lipinski definition) is 1. The molecule has 12 heavy (non-hydrogen) atoms. The third-order valence-corrected chi connectivity index (χ3v) is 1.84. The van der Waals surface area contributed by atoms with E-state index in [9.17, 15) is 0 Å². The fourth-order valence-electron chi connectivity index (χ4n) is 0.858. The topological polar surface area (TPSA) is 41.6 Å². The van der Waals surface area contributed by atoms with Crippen molar-refractivity contribution in [3.05, 3.63) is 0 Å². The Hall–Kier alpha value is -0.570. The monoisotopic (exact) mass is 171 g/mol. The lowest BCUT2D eigenvalue weighted by Crippen LogP contribution is -2.22. The predicted molar refractivity (Wildman–Crippen MR) is 54.6 cm³/mol. The number of hydrogen-bond acceptors (Lipinski definition) is 2. The van der Waals surface area contributed by atoms with Crippen LogP contribution in [0, 0.1) is 0 Å². The molecule has 0 aromatic carbocycles. The Morgan fingerprint density at radius 1 is 1.42 bits per heavy atom. The van der Waals surface area contributed by atoms with Gasteiger partial charge in [0.2, 0.25) is 0 Å². The molecule has 0 fully saturated rings. The molecule has 72 valence electrons. The molecule has 3 heteroatoms. The highest BCUT2D eigenvalue weighted by Crippen LogP contribution is 1.87. The van der Waals surface area contributed by atoms with Gasteiger partial charge in [-0.1, -0.05) is 13.8 Å². The summed E-state index contributed by atoms with van der Waals surface area (Å²) in [5.74, 6) is 0.794. The van der Waals surface area contributed by atoms with E-state index >= 15 is 0 Å². The molecule has 0 amide bonds. The maximum atomic E-state index is 5.64. The fraction of sp³-hybridized carbons (Fsp3) is 0.889. The van der Waals surface area contributed by atoms with Crippen molar-refractivity contribution in [1.82, 2.24) is 4.90 Å². The van der Waals surface area contributed by atoms with Crippen LogP contribution in [0.4, 0.5) is 0 Å². The molecule has 0 spiro atoms. The SMILES string of the molecule is CCCC(N)=NCCN(C)CC. The van der Waals surface area contributed by atoms with Crippen molar-refractivity contribution in [2.24, 2.45) is 10.7 Å². The van der Waals surface area contributed by atoms with Gasteiger partial charge >= 0.3 is 0 Å². The lowest BCUT2D eigenvalue weighted by molar-refractivity contribution is 0.363. The van der Waals surface area contributed by atoms with Crippen LogP contribution in [0.15, 0.2) is 4.99 Å². The van der Waals surface area contributed by atoms with Gasteiger partial charge < -0.3 is 10.6 Å². The summed E-state index contributed by atoms with van der Waals surface area (Å²) >= 11 is 0. The minimum absolute atomic E-state index is 0.794. The molecule has 0 bridgehead atoms. The highest BCUT2D eigenvalue weighted by atomic mass is 15.1. The maximum absolute atomic E-state index is 5.64. The second-order valence-electron chi connectivity index (χ2n) is 3.02. The summed E-state index contributed by atoms with van der Waals surface area (Å²) in [6.45, 7) is 7.15. The van der Waals surface area contributed by atoms with Crippen LogP contribution in [0.25, 0.3) is 0 Å². The second-order valence-corrected chi connectivity index (χ2v) is 3.02. The molecular weight excluding hydrogens is 150 g/mol.